The highest BCUT2D eigenvalue weighted by Gasteiger charge is 2.31. The summed E-state index contributed by atoms with van der Waals surface area (Å²) in [7, 11) is 0. The van der Waals surface area contributed by atoms with E-state index >= 15 is 0 Å². The summed E-state index contributed by atoms with van der Waals surface area (Å²) in [5.41, 5.74) is 2.62. The molecule has 1 aliphatic carbocycles. The highest BCUT2D eigenvalue weighted by Crippen LogP contribution is 2.41. The highest BCUT2D eigenvalue weighted by molar-refractivity contribution is 5.91. The number of carbonyl (C=O) groups is 1. The maximum absolute atomic E-state index is 12.9. The Bertz CT molecular complexity index is 1450. The lowest BCUT2D eigenvalue weighted by atomic mass is 10.00. The SMILES string of the molecule is CCOC(=O)CCc1ccc(OCc2cnc(-c3ccc(C(F)(F)F)cc3)nc2C2CC2)c2ccccc12. The zero-order chi connectivity index (χ0) is 26.7. The van der Waals surface area contributed by atoms with Gasteiger partial charge in [-0.05, 0) is 55.3 Å². The summed E-state index contributed by atoms with van der Waals surface area (Å²) < 4.78 is 50.1. The van der Waals surface area contributed by atoms with Crippen molar-refractivity contribution in [1.29, 1.82) is 0 Å². The molecule has 196 valence electrons. The van der Waals surface area contributed by atoms with Gasteiger partial charge in [-0.2, -0.15) is 13.2 Å². The monoisotopic (exact) mass is 520 g/mol. The molecule has 0 aliphatic heterocycles. The van der Waals surface area contributed by atoms with Crippen molar-refractivity contribution in [2.24, 2.45) is 0 Å². The number of alkyl halides is 3. The van der Waals surface area contributed by atoms with Crippen molar-refractivity contribution in [2.75, 3.05) is 6.61 Å². The number of halogens is 3. The fourth-order valence-corrected chi connectivity index (χ4v) is 4.49. The minimum atomic E-state index is -4.39. The van der Waals surface area contributed by atoms with Crippen LogP contribution in [0.15, 0.2) is 66.9 Å². The fourth-order valence-electron chi connectivity index (χ4n) is 4.49. The Labute approximate surface area is 218 Å². The fraction of sp³-hybridized carbons (Fsp3) is 0.300. The molecule has 0 spiro atoms. The molecule has 1 aliphatic rings. The third-order valence-electron chi connectivity index (χ3n) is 6.59. The minimum absolute atomic E-state index is 0.218. The van der Waals surface area contributed by atoms with E-state index in [4.69, 9.17) is 14.5 Å². The molecule has 3 aromatic carbocycles. The molecule has 1 aromatic heterocycles. The number of ether oxygens (including phenoxy) is 2. The van der Waals surface area contributed by atoms with Gasteiger partial charge in [-0.1, -0.05) is 42.5 Å². The van der Waals surface area contributed by atoms with Crippen LogP contribution in [0.25, 0.3) is 22.2 Å². The van der Waals surface area contributed by atoms with Crippen molar-refractivity contribution in [3.63, 3.8) is 0 Å². The van der Waals surface area contributed by atoms with E-state index in [0.29, 0.717) is 42.5 Å². The summed E-state index contributed by atoms with van der Waals surface area (Å²) in [6.45, 7) is 2.43. The second kappa shape index (κ2) is 10.8. The zero-order valence-electron chi connectivity index (χ0n) is 20.9. The van der Waals surface area contributed by atoms with Crippen LogP contribution in [-0.2, 0) is 28.7 Å². The third-order valence-corrected chi connectivity index (χ3v) is 6.59. The molecule has 0 unspecified atom stereocenters. The standard InChI is InChI=1S/C30H27F3N2O3/c1-2-37-27(36)16-12-19-11-15-26(25-6-4-3-5-24(19)25)38-18-22-17-34-29(35-28(22)20-7-8-20)21-9-13-23(14-10-21)30(31,32)33/h3-6,9-11,13-15,17,20H,2,7-8,12,16,18H2,1H3. The van der Waals surface area contributed by atoms with Gasteiger partial charge in [-0.3, -0.25) is 4.79 Å². The summed E-state index contributed by atoms with van der Waals surface area (Å²) in [6, 6.07) is 16.7. The summed E-state index contributed by atoms with van der Waals surface area (Å²) in [6.07, 6.45) is 0.228. The number of fused-ring (bicyclic) bond motifs is 1. The smallest absolute Gasteiger partial charge is 0.416 e. The van der Waals surface area contributed by atoms with E-state index in [2.05, 4.69) is 4.98 Å². The van der Waals surface area contributed by atoms with Gasteiger partial charge in [0.15, 0.2) is 5.82 Å². The van der Waals surface area contributed by atoms with Crippen LogP contribution in [0.4, 0.5) is 13.2 Å². The number of benzene rings is 3. The molecule has 1 heterocycles. The van der Waals surface area contributed by atoms with Crippen molar-refractivity contribution < 1.29 is 27.4 Å². The molecule has 8 heteroatoms. The molecule has 0 amide bonds. The number of hydrogen-bond acceptors (Lipinski definition) is 5. The van der Waals surface area contributed by atoms with Crippen LogP contribution in [0.5, 0.6) is 5.75 Å². The molecule has 1 saturated carbocycles. The number of esters is 1. The lowest BCUT2D eigenvalue weighted by Gasteiger charge is -2.15. The molecule has 5 nitrogen and oxygen atoms in total. The van der Waals surface area contributed by atoms with Gasteiger partial charge in [0, 0.05) is 35.0 Å². The Morgan fingerprint density at radius 1 is 0.974 bits per heavy atom. The molecular formula is C30H27F3N2O3. The summed E-state index contributed by atoms with van der Waals surface area (Å²) >= 11 is 0. The van der Waals surface area contributed by atoms with Gasteiger partial charge in [0.1, 0.15) is 12.4 Å². The molecule has 0 atom stereocenters. The Morgan fingerprint density at radius 2 is 1.71 bits per heavy atom. The van der Waals surface area contributed by atoms with E-state index < -0.39 is 11.7 Å². The van der Waals surface area contributed by atoms with Gasteiger partial charge >= 0.3 is 12.1 Å². The number of carbonyl (C=O) groups excluding carboxylic acids is 1. The topological polar surface area (TPSA) is 61.3 Å². The van der Waals surface area contributed by atoms with E-state index in [1.165, 1.54) is 12.1 Å². The van der Waals surface area contributed by atoms with Gasteiger partial charge < -0.3 is 9.47 Å². The Kier molecular flexibility index (Phi) is 7.31. The number of aryl methyl sites for hydroxylation is 1. The summed E-state index contributed by atoms with van der Waals surface area (Å²) in [4.78, 5) is 21.0. The first-order valence-corrected chi connectivity index (χ1v) is 12.7. The van der Waals surface area contributed by atoms with Gasteiger partial charge in [0.25, 0.3) is 0 Å². The van der Waals surface area contributed by atoms with Gasteiger partial charge in [-0.25, -0.2) is 9.97 Å². The van der Waals surface area contributed by atoms with Crippen molar-refractivity contribution in [3.8, 4) is 17.1 Å². The molecule has 0 N–H and O–H groups in total. The molecule has 0 radical (unpaired) electrons. The number of hydrogen-bond donors (Lipinski definition) is 0. The predicted octanol–water partition coefficient (Wildman–Crippen LogP) is 7.27. The maximum Gasteiger partial charge on any atom is 0.416 e. The zero-order valence-corrected chi connectivity index (χ0v) is 20.9. The van der Waals surface area contributed by atoms with Crippen LogP contribution in [0.3, 0.4) is 0 Å². The average Bonchev–Trinajstić information content (AvgIpc) is 3.76. The van der Waals surface area contributed by atoms with Gasteiger partial charge in [-0.15, -0.1) is 0 Å². The third kappa shape index (κ3) is 5.79. The first-order valence-electron chi connectivity index (χ1n) is 12.7. The van der Waals surface area contributed by atoms with E-state index in [0.717, 1.165) is 52.6 Å². The first-order chi connectivity index (χ1) is 18.3. The van der Waals surface area contributed by atoms with Crippen LogP contribution in [0.2, 0.25) is 0 Å². The molecule has 0 saturated heterocycles. The lowest BCUT2D eigenvalue weighted by molar-refractivity contribution is -0.143. The number of rotatable bonds is 9. The normalized spacial score (nSPS) is 13.5. The average molecular weight is 521 g/mol. The van der Waals surface area contributed by atoms with Crippen LogP contribution in [0.1, 0.15) is 54.5 Å². The Balaban J connectivity index is 1.36. The van der Waals surface area contributed by atoms with Crippen LogP contribution in [-0.4, -0.2) is 22.5 Å². The largest absolute Gasteiger partial charge is 0.488 e. The Morgan fingerprint density at radius 3 is 2.39 bits per heavy atom. The number of nitrogens with zero attached hydrogens (tertiary/aromatic N) is 2. The van der Waals surface area contributed by atoms with Crippen LogP contribution >= 0.6 is 0 Å². The molecule has 0 bridgehead atoms. The van der Waals surface area contributed by atoms with Crippen molar-refractivity contribution in [3.05, 3.63) is 89.2 Å². The highest BCUT2D eigenvalue weighted by atomic mass is 19.4. The summed E-state index contributed by atoms with van der Waals surface area (Å²) in [5.74, 6) is 1.20. The number of aromatic nitrogens is 2. The molecule has 5 rings (SSSR count). The maximum atomic E-state index is 12.9. The molecular weight excluding hydrogens is 493 g/mol. The van der Waals surface area contributed by atoms with Gasteiger partial charge in [0.2, 0.25) is 0 Å². The molecule has 38 heavy (non-hydrogen) atoms. The van der Waals surface area contributed by atoms with Crippen molar-refractivity contribution in [1.82, 2.24) is 9.97 Å². The van der Waals surface area contributed by atoms with Gasteiger partial charge in [0.05, 0.1) is 17.9 Å². The van der Waals surface area contributed by atoms with E-state index in [-0.39, 0.29) is 12.6 Å². The molecule has 4 aromatic rings. The van der Waals surface area contributed by atoms with E-state index in [1.54, 1.807) is 13.1 Å². The Hall–Kier alpha value is -3.94. The van der Waals surface area contributed by atoms with Crippen molar-refractivity contribution >= 4 is 16.7 Å². The molecule has 1 fully saturated rings. The predicted molar refractivity (Wildman–Crippen MR) is 138 cm³/mol. The first kappa shape index (κ1) is 25.7. The van der Waals surface area contributed by atoms with Crippen LogP contribution in [0, 0.1) is 0 Å². The second-order valence-corrected chi connectivity index (χ2v) is 9.32. The van der Waals surface area contributed by atoms with E-state index in [1.807, 2.05) is 36.4 Å². The van der Waals surface area contributed by atoms with Crippen molar-refractivity contribution in [2.45, 2.75) is 51.3 Å². The van der Waals surface area contributed by atoms with Crippen LogP contribution < -0.4 is 4.74 Å². The summed E-state index contributed by atoms with van der Waals surface area (Å²) in [5, 5.41) is 1.97. The second-order valence-electron chi connectivity index (χ2n) is 9.32. The van der Waals surface area contributed by atoms with E-state index in [9.17, 15) is 18.0 Å². The minimum Gasteiger partial charge on any atom is -0.488 e. The lowest BCUT2D eigenvalue weighted by Crippen LogP contribution is -2.07. The quantitative estimate of drug-likeness (QED) is 0.217.